The van der Waals surface area contributed by atoms with Crippen LogP contribution in [-0.4, -0.2) is 30.3 Å². The summed E-state index contributed by atoms with van der Waals surface area (Å²) in [4.78, 5) is 26.8. The van der Waals surface area contributed by atoms with Crippen molar-refractivity contribution >= 4 is 22.8 Å². The minimum Gasteiger partial charge on any atom is -0.455 e. The average Bonchev–Trinajstić information content (AvgIpc) is 3.18. The average molecular weight is 459 g/mol. The molecule has 0 aliphatic heterocycles. The maximum atomic E-state index is 13.4. The summed E-state index contributed by atoms with van der Waals surface area (Å²) in [5, 5.41) is 0.605. The molecule has 2 N–H and O–H groups in total. The van der Waals surface area contributed by atoms with Gasteiger partial charge in [0.1, 0.15) is 17.2 Å². The fourth-order valence-corrected chi connectivity index (χ4v) is 4.20. The van der Waals surface area contributed by atoms with Crippen LogP contribution in [0.2, 0.25) is 0 Å². The minimum absolute atomic E-state index is 0.0132. The van der Waals surface area contributed by atoms with E-state index in [2.05, 4.69) is 13.8 Å². The van der Waals surface area contributed by atoms with Crippen LogP contribution in [0.4, 0.5) is 4.39 Å². The van der Waals surface area contributed by atoms with E-state index in [1.165, 1.54) is 12.1 Å². The molecule has 2 amide bonds. The molecule has 0 radical (unpaired) electrons. The van der Waals surface area contributed by atoms with Crippen molar-refractivity contribution in [1.29, 1.82) is 0 Å². The van der Waals surface area contributed by atoms with E-state index in [1.807, 2.05) is 43.4 Å². The molecule has 1 heterocycles. The number of primary amides is 1. The molecule has 174 valence electrons. The van der Waals surface area contributed by atoms with Crippen molar-refractivity contribution in [2.75, 3.05) is 13.6 Å². The van der Waals surface area contributed by atoms with Gasteiger partial charge in [0.15, 0.2) is 0 Å². The molecule has 4 rings (SSSR count). The Bertz CT molecular complexity index is 1360. The Labute approximate surface area is 198 Å². The number of fused-ring (bicyclic) bond motifs is 1. The first-order valence-corrected chi connectivity index (χ1v) is 11.2. The van der Waals surface area contributed by atoms with E-state index in [-0.39, 0.29) is 17.3 Å². The van der Waals surface area contributed by atoms with Crippen molar-refractivity contribution in [3.8, 4) is 11.3 Å². The molecule has 4 aromatic rings. The Morgan fingerprint density at radius 2 is 1.71 bits per heavy atom. The molecule has 34 heavy (non-hydrogen) atoms. The highest BCUT2D eigenvalue weighted by atomic mass is 19.1. The van der Waals surface area contributed by atoms with Crippen LogP contribution < -0.4 is 5.73 Å². The summed E-state index contributed by atoms with van der Waals surface area (Å²) in [6.45, 7) is 4.84. The van der Waals surface area contributed by atoms with Crippen LogP contribution in [0.25, 0.3) is 22.3 Å². The van der Waals surface area contributed by atoms with E-state index < -0.39 is 5.91 Å². The quantitative estimate of drug-likeness (QED) is 0.388. The second kappa shape index (κ2) is 9.51. The molecular weight excluding hydrogens is 431 g/mol. The van der Waals surface area contributed by atoms with E-state index in [0.29, 0.717) is 46.7 Å². The lowest BCUT2D eigenvalue weighted by molar-refractivity contribution is 0.0779. The number of nitrogens with two attached hydrogens (primary N) is 1. The number of furan rings is 1. The van der Waals surface area contributed by atoms with Crippen LogP contribution in [0.3, 0.4) is 0 Å². The van der Waals surface area contributed by atoms with Crippen LogP contribution in [0.15, 0.2) is 71.1 Å². The molecule has 0 saturated carbocycles. The van der Waals surface area contributed by atoms with Crippen LogP contribution in [-0.2, 0) is 6.42 Å². The largest absolute Gasteiger partial charge is 0.455 e. The summed E-state index contributed by atoms with van der Waals surface area (Å²) in [6, 6.07) is 18.9. The summed E-state index contributed by atoms with van der Waals surface area (Å²) in [6.07, 6.45) is 0.570. The number of halogens is 1. The molecule has 0 fully saturated rings. The van der Waals surface area contributed by atoms with Gasteiger partial charge in [0.05, 0.1) is 5.56 Å². The van der Waals surface area contributed by atoms with Gasteiger partial charge in [-0.25, -0.2) is 4.39 Å². The molecule has 5 nitrogen and oxygen atoms in total. The van der Waals surface area contributed by atoms with Gasteiger partial charge >= 0.3 is 0 Å². The minimum atomic E-state index is -0.615. The smallest absolute Gasteiger partial charge is 0.253 e. The highest BCUT2D eigenvalue weighted by molar-refractivity contribution is 6.10. The fraction of sp³-hybridized carbons (Fsp3) is 0.214. The van der Waals surface area contributed by atoms with Crippen molar-refractivity contribution < 1.29 is 18.4 Å². The first-order chi connectivity index (χ1) is 16.2. The molecule has 0 aliphatic rings. The number of hydrogen-bond acceptors (Lipinski definition) is 3. The van der Waals surface area contributed by atoms with Crippen LogP contribution in [0.5, 0.6) is 0 Å². The number of rotatable bonds is 7. The molecule has 0 spiro atoms. The van der Waals surface area contributed by atoms with E-state index in [9.17, 15) is 14.0 Å². The van der Waals surface area contributed by atoms with Gasteiger partial charge in [-0.05, 0) is 72.0 Å². The van der Waals surface area contributed by atoms with E-state index in [0.717, 1.165) is 11.1 Å². The lowest BCUT2D eigenvalue weighted by atomic mass is 9.99. The maximum absolute atomic E-state index is 13.4. The third kappa shape index (κ3) is 4.86. The van der Waals surface area contributed by atoms with E-state index in [4.69, 9.17) is 10.2 Å². The molecule has 0 saturated heterocycles. The normalized spacial score (nSPS) is 11.2. The van der Waals surface area contributed by atoms with E-state index in [1.54, 1.807) is 23.1 Å². The number of carbonyl (C=O) groups is 2. The predicted octanol–water partition coefficient (Wildman–Crippen LogP) is 5.66. The van der Waals surface area contributed by atoms with Gasteiger partial charge in [0.2, 0.25) is 0 Å². The van der Waals surface area contributed by atoms with Crippen LogP contribution in [0.1, 0.15) is 45.7 Å². The predicted molar refractivity (Wildman–Crippen MR) is 131 cm³/mol. The fourth-order valence-electron chi connectivity index (χ4n) is 4.20. The second-order valence-corrected chi connectivity index (χ2v) is 8.96. The monoisotopic (exact) mass is 458 g/mol. The zero-order chi connectivity index (χ0) is 24.4. The highest BCUT2D eigenvalue weighted by Crippen LogP contribution is 2.34. The van der Waals surface area contributed by atoms with Gasteiger partial charge in [-0.1, -0.05) is 32.0 Å². The molecule has 0 aliphatic carbocycles. The molecule has 3 aromatic carbocycles. The molecule has 0 atom stereocenters. The van der Waals surface area contributed by atoms with Gasteiger partial charge in [0.25, 0.3) is 11.8 Å². The molecule has 6 heteroatoms. The van der Waals surface area contributed by atoms with E-state index >= 15 is 0 Å². The third-order valence-corrected chi connectivity index (χ3v) is 5.67. The van der Waals surface area contributed by atoms with Gasteiger partial charge in [-0.15, -0.1) is 0 Å². The number of nitrogens with zero attached hydrogens (tertiary/aromatic N) is 1. The number of amides is 2. The Hall–Kier alpha value is -3.93. The lowest BCUT2D eigenvalue weighted by Crippen LogP contribution is -2.30. The zero-order valence-corrected chi connectivity index (χ0v) is 19.5. The third-order valence-electron chi connectivity index (χ3n) is 5.67. The van der Waals surface area contributed by atoms with Crippen molar-refractivity contribution in [3.63, 3.8) is 0 Å². The first-order valence-electron chi connectivity index (χ1n) is 11.2. The van der Waals surface area contributed by atoms with Crippen LogP contribution >= 0.6 is 0 Å². The molecular formula is C28H27FN2O3. The Morgan fingerprint density at radius 1 is 1.00 bits per heavy atom. The highest BCUT2D eigenvalue weighted by Gasteiger charge is 2.21. The SMILES string of the molecule is CC(C)CN(C)C(=O)c1cccc(Cc2ccc3oc(-c4ccc(F)cc4)c(C(N)=O)c3c2)c1. The van der Waals surface area contributed by atoms with Crippen molar-refractivity contribution in [2.24, 2.45) is 11.7 Å². The number of benzene rings is 3. The lowest BCUT2D eigenvalue weighted by Gasteiger charge is -2.19. The standard InChI is InChI=1S/C28H27FN2O3/c1-17(2)16-31(3)28(33)21-6-4-5-18(14-21)13-19-7-12-24-23(15-19)25(27(30)32)26(34-24)20-8-10-22(29)11-9-20/h4-12,14-15,17H,13,16H2,1-3H3,(H2,30,32). The summed E-state index contributed by atoms with van der Waals surface area (Å²) in [5.74, 6) is -0.297. The molecule has 1 aromatic heterocycles. The summed E-state index contributed by atoms with van der Waals surface area (Å²) >= 11 is 0. The summed E-state index contributed by atoms with van der Waals surface area (Å²) < 4.78 is 19.3. The molecule has 0 bridgehead atoms. The summed E-state index contributed by atoms with van der Waals surface area (Å²) in [7, 11) is 1.81. The Balaban J connectivity index is 1.66. The zero-order valence-electron chi connectivity index (χ0n) is 19.5. The van der Waals surface area contributed by atoms with Gasteiger partial charge in [0, 0.05) is 30.1 Å². The van der Waals surface area contributed by atoms with Crippen molar-refractivity contribution in [2.45, 2.75) is 20.3 Å². The molecule has 0 unspecified atom stereocenters. The van der Waals surface area contributed by atoms with Gasteiger partial charge in [-0.2, -0.15) is 0 Å². The van der Waals surface area contributed by atoms with Crippen molar-refractivity contribution in [1.82, 2.24) is 4.90 Å². The first kappa shape index (κ1) is 23.2. The second-order valence-electron chi connectivity index (χ2n) is 8.96. The van der Waals surface area contributed by atoms with Gasteiger partial charge in [-0.3, -0.25) is 9.59 Å². The van der Waals surface area contributed by atoms with Gasteiger partial charge < -0.3 is 15.1 Å². The van der Waals surface area contributed by atoms with Crippen LogP contribution in [0, 0.1) is 11.7 Å². The number of hydrogen-bond donors (Lipinski definition) is 1. The summed E-state index contributed by atoms with van der Waals surface area (Å²) in [5.41, 5.74) is 9.62. The Morgan fingerprint density at radius 3 is 2.38 bits per heavy atom. The van der Waals surface area contributed by atoms with Crippen molar-refractivity contribution in [3.05, 3.63) is 94.8 Å². The number of carbonyl (C=O) groups excluding carboxylic acids is 2. The Kier molecular flexibility index (Phi) is 6.50. The topological polar surface area (TPSA) is 76.5 Å². The maximum Gasteiger partial charge on any atom is 0.253 e.